The molecule has 4 nitrogen and oxygen atoms in total. The Morgan fingerprint density at radius 1 is 1.12 bits per heavy atom. The van der Waals surface area contributed by atoms with Crippen molar-refractivity contribution in [1.82, 2.24) is 4.90 Å². The van der Waals surface area contributed by atoms with Crippen LogP contribution in [-0.2, 0) is 4.79 Å². The van der Waals surface area contributed by atoms with Crippen LogP contribution in [0, 0.1) is 20.8 Å². The topological polar surface area (TPSA) is 57.6 Å². The number of nitrogens with zero attached hydrogens (tertiary/aromatic N) is 1. The number of carbonyl (C=O) groups excluding carboxylic acids is 1. The van der Waals surface area contributed by atoms with Crippen LogP contribution < -0.4 is 0 Å². The highest BCUT2D eigenvalue weighted by Crippen LogP contribution is 2.16. The lowest BCUT2D eigenvalue weighted by atomic mass is 10.00. The maximum atomic E-state index is 12.0. The second kappa shape index (κ2) is 4.99. The molecule has 92 valence electrons. The summed E-state index contributed by atoms with van der Waals surface area (Å²) in [6, 6.07) is 3.75. The molecule has 0 saturated carbocycles. The molecule has 0 atom stereocenters. The third-order valence-electron chi connectivity index (χ3n) is 2.79. The molecule has 0 heterocycles. The number of carboxylic acids is 1. The lowest BCUT2D eigenvalue weighted by molar-refractivity contribution is -0.137. The lowest BCUT2D eigenvalue weighted by Gasteiger charge is -2.17. The molecule has 0 radical (unpaired) electrons. The Labute approximate surface area is 101 Å². The highest BCUT2D eigenvalue weighted by molar-refractivity contribution is 5.97. The first-order valence-electron chi connectivity index (χ1n) is 5.38. The number of amides is 1. The van der Waals surface area contributed by atoms with Gasteiger partial charge in [0.25, 0.3) is 5.91 Å². The van der Waals surface area contributed by atoms with Crippen LogP contribution in [0.25, 0.3) is 0 Å². The van der Waals surface area contributed by atoms with Gasteiger partial charge >= 0.3 is 5.97 Å². The fraction of sp³-hybridized carbons (Fsp3) is 0.385. The van der Waals surface area contributed by atoms with Crippen LogP contribution in [0.15, 0.2) is 12.1 Å². The van der Waals surface area contributed by atoms with Gasteiger partial charge in [-0.15, -0.1) is 0 Å². The van der Waals surface area contributed by atoms with Crippen molar-refractivity contribution in [3.05, 3.63) is 34.4 Å². The summed E-state index contributed by atoms with van der Waals surface area (Å²) in [6.07, 6.45) is 0. The molecule has 1 N–H and O–H groups in total. The minimum atomic E-state index is -1.01. The van der Waals surface area contributed by atoms with Gasteiger partial charge in [0.2, 0.25) is 0 Å². The first-order chi connectivity index (χ1) is 7.82. The van der Waals surface area contributed by atoms with E-state index in [1.165, 1.54) is 11.9 Å². The number of carbonyl (C=O) groups is 2. The molecule has 0 saturated heterocycles. The van der Waals surface area contributed by atoms with Gasteiger partial charge in [0, 0.05) is 12.6 Å². The Morgan fingerprint density at radius 3 is 2.18 bits per heavy atom. The number of aryl methyl sites for hydroxylation is 3. The second-order valence-electron chi connectivity index (χ2n) is 4.31. The summed E-state index contributed by atoms with van der Waals surface area (Å²) in [5.74, 6) is -1.27. The number of hydrogen-bond acceptors (Lipinski definition) is 2. The zero-order valence-electron chi connectivity index (χ0n) is 10.6. The van der Waals surface area contributed by atoms with Crippen LogP contribution in [0.3, 0.4) is 0 Å². The number of likely N-dealkylation sites (N-methyl/N-ethyl adjacent to an activating group) is 1. The average molecular weight is 235 g/mol. The largest absolute Gasteiger partial charge is 0.480 e. The van der Waals surface area contributed by atoms with E-state index in [4.69, 9.17) is 5.11 Å². The summed E-state index contributed by atoms with van der Waals surface area (Å²) in [5.41, 5.74) is 3.59. The fourth-order valence-corrected chi connectivity index (χ4v) is 1.67. The van der Waals surface area contributed by atoms with Gasteiger partial charge in [-0.2, -0.15) is 0 Å². The zero-order valence-corrected chi connectivity index (χ0v) is 10.6. The van der Waals surface area contributed by atoms with E-state index in [-0.39, 0.29) is 12.5 Å². The lowest BCUT2D eigenvalue weighted by Crippen LogP contribution is -2.32. The summed E-state index contributed by atoms with van der Waals surface area (Å²) in [5, 5.41) is 8.65. The Hall–Kier alpha value is -1.84. The fourth-order valence-electron chi connectivity index (χ4n) is 1.67. The van der Waals surface area contributed by atoms with E-state index in [9.17, 15) is 9.59 Å². The van der Waals surface area contributed by atoms with E-state index in [1.807, 2.05) is 32.9 Å². The molecule has 17 heavy (non-hydrogen) atoms. The molecule has 0 aliphatic carbocycles. The van der Waals surface area contributed by atoms with Crippen molar-refractivity contribution in [2.24, 2.45) is 0 Å². The summed E-state index contributed by atoms with van der Waals surface area (Å²) < 4.78 is 0. The van der Waals surface area contributed by atoms with Gasteiger partial charge in [-0.3, -0.25) is 9.59 Å². The number of benzene rings is 1. The van der Waals surface area contributed by atoms with Crippen LogP contribution >= 0.6 is 0 Å². The van der Waals surface area contributed by atoms with Crippen molar-refractivity contribution in [3.8, 4) is 0 Å². The SMILES string of the molecule is Cc1cc(C)c(C(=O)N(C)CC(=O)O)cc1C. The van der Waals surface area contributed by atoms with Gasteiger partial charge in [-0.1, -0.05) is 6.07 Å². The van der Waals surface area contributed by atoms with Crippen molar-refractivity contribution in [2.75, 3.05) is 13.6 Å². The molecule has 1 aromatic carbocycles. The van der Waals surface area contributed by atoms with Gasteiger partial charge in [0.05, 0.1) is 0 Å². The van der Waals surface area contributed by atoms with Crippen LogP contribution in [0.1, 0.15) is 27.0 Å². The number of hydrogen-bond donors (Lipinski definition) is 1. The molecule has 0 fully saturated rings. The Morgan fingerprint density at radius 2 is 1.65 bits per heavy atom. The van der Waals surface area contributed by atoms with E-state index < -0.39 is 5.97 Å². The molecule has 0 spiro atoms. The van der Waals surface area contributed by atoms with E-state index in [0.29, 0.717) is 5.56 Å². The predicted octanol–water partition coefficient (Wildman–Crippen LogP) is 1.77. The first kappa shape index (κ1) is 13.2. The molecule has 1 amide bonds. The van der Waals surface area contributed by atoms with Gasteiger partial charge < -0.3 is 10.0 Å². The van der Waals surface area contributed by atoms with Crippen LogP contribution in [0.2, 0.25) is 0 Å². The van der Waals surface area contributed by atoms with Crippen molar-refractivity contribution in [2.45, 2.75) is 20.8 Å². The molecule has 0 aliphatic heterocycles. The molecule has 0 bridgehead atoms. The molecule has 1 rings (SSSR count). The minimum absolute atomic E-state index is 0.256. The van der Waals surface area contributed by atoms with Crippen LogP contribution in [0.4, 0.5) is 0 Å². The molecule has 4 heteroatoms. The Bertz CT molecular complexity index is 466. The van der Waals surface area contributed by atoms with Crippen molar-refractivity contribution >= 4 is 11.9 Å². The van der Waals surface area contributed by atoms with Gasteiger partial charge in [0.1, 0.15) is 6.54 Å². The number of rotatable bonds is 3. The predicted molar refractivity (Wildman–Crippen MR) is 65.2 cm³/mol. The summed E-state index contributed by atoms with van der Waals surface area (Å²) >= 11 is 0. The van der Waals surface area contributed by atoms with Gasteiger partial charge in [-0.25, -0.2) is 0 Å². The van der Waals surface area contributed by atoms with E-state index in [0.717, 1.165) is 16.7 Å². The molecule has 0 aliphatic rings. The Kier molecular flexibility index (Phi) is 3.89. The van der Waals surface area contributed by atoms with E-state index >= 15 is 0 Å². The maximum Gasteiger partial charge on any atom is 0.323 e. The average Bonchev–Trinajstić information content (AvgIpc) is 2.21. The smallest absolute Gasteiger partial charge is 0.323 e. The molecule has 0 unspecified atom stereocenters. The quantitative estimate of drug-likeness (QED) is 0.868. The molecule has 1 aromatic rings. The summed E-state index contributed by atoms with van der Waals surface area (Å²) in [4.78, 5) is 23.8. The standard InChI is InChI=1S/C13H17NO3/c1-8-5-10(3)11(6-9(8)2)13(17)14(4)7-12(15)16/h5-6H,7H2,1-4H3,(H,15,16). The van der Waals surface area contributed by atoms with Crippen LogP contribution in [-0.4, -0.2) is 35.5 Å². The molecular formula is C13H17NO3. The third kappa shape index (κ3) is 3.06. The van der Waals surface area contributed by atoms with Crippen LogP contribution in [0.5, 0.6) is 0 Å². The highest BCUT2D eigenvalue weighted by atomic mass is 16.4. The van der Waals surface area contributed by atoms with Crippen molar-refractivity contribution < 1.29 is 14.7 Å². The van der Waals surface area contributed by atoms with E-state index in [1.54, 1.807) is 0 Å². The van der Waals surface area contributed by atoms with Gasteiger partial charge in [0.15, 0.2) is 0 Å². The van der Waals surface area contributed by atoms with Crippen molar-refractivity contribution in [3.63, 3.8) is 0 Å². The first-order valence-corrected chi connectivity index (χ1v) is 5.38. The normalized spacial score (nSPS) is 10.1. The second-order valence-corrected chi connectivity index (χ2v) is 4.31. The monoisotopic (exact) mass is 235 g/mol. The maximum absolute atomic E-state index is 12.0. The van der Waals surface area contributed by atoms with Gasteiger partial charge in [-0.05, 0) is 43.5 Å². The summed E-state index contributed by atoms with van der Waals surface area (Å²) in [7, 11) is 1.49. The zero-order chi connectivity index (χ0) is 13.2. The number of aliphatic carboxylic acids is 1. The van der Waals surface area contributed by atoms with Crippen molar-refractivity contribution in [1.29, 1.82) is 0 Å². The molecular weight excluding hydrogens is 218 g/mol. The summed E-state index contributed by atoms with van der Waals surface area (Å²) in [6.45, 7) is 5.49. The minimum Gasteiger partial charge on any atom is -0.480 e. The highest BCUT2D eigenvalue weighted by Gasteiger charge is 2.16. The molecule has 0 aromatic heterocycles. The number of carboxylic acid groups (broad SMARTS) is 1. The third-order valence-corrected chi connectivity index (χ3v) is 2.79. The van der Waals surface area contributed by atoms with E-state index in [2.05, 4.69) is 0 Å². The Balaban J connectivity index is 3.04.